The van der Waals surface area contributed by atoms with E-state index in [-0.39, 0.29) is 23.8 Å². The fourth-order valence-corrected chi connectivity index (χ4v) is 2.55. The number of ether oxygens (including phenoxy) is 1. The summed E-state index contributed by atoms with van der Waals surface area (Å²) < 4.78 is 5.46. The lowest BCUT2D eigenvalue weighted by Crippen LogP contribution is -2.33. The molecule has 3 unspecified atom stereocenters. The Morgan fingerprint density at radius 1 is 1.62 bits per heavy atom. The minimum Gasteiger partial charge on any atom is -0.493 e. The first-order chi connectivity index (χ1) is 6.14. The number of amides is 2. The summed E-state index contributed by atoms with van der Waals surface area (Å²) in [5, 5.41) is 2.36. The van der Waals surface area contributed by atoms with Crippen molar-refractivity contribution in [3.8, 4) is 0 Å². The largest absolute Gasteiger partial charge is 0.493 e. The molecule has 2 saturated heterocycles. The third-order valence-electron chi connectivity index (χ3n) is 3.31. The van der Waals surface area contributed by atoms with Gasteiger partial charge in [0.2, 0.25) is 11.8 Å². The fourth-order valence-electron chi connectivity index (χ4n) is 2.55. The minimum absolute atomic E-state index is 0.105. The Labute approximate surface area is 74.9 Å². The molecule has 0 saturated carbocycles. The molecule has 2 bridgehead atoms. The van der Waals surface area contributed by atoms with E-state index in [2.05, 4.69) is 5.32 Å². The molecule has 0 spiro atoms. The van der Waals surface area contributed by atoms with Gasteiger partial charge in [-0.1, -0.05) is 0 Å². The Balaban J connectivity index is 2.20. The summed E-state index contributed by atoms with van der Waals surface area (Å²) in [5.41, 5.74) is -0.708. The first kappa shape index (κ1) is 7.12. The van der Waals surface area contributed by atoms with Crippen LogP contribution in [0.25, 0.3) is 0 Å². The van der Waals surface area contributed by atoms with Gasteiger partial charge in [0.1, 0.15) is 17.3 Å². The van der Waals surface area contributed by atoms with Crippen LogP contribution >= 0.6 is 0 Å². The van der Waals surface area contributed by atoms with Crippen molar-refractivity contribution in [1.82, 2.24) is 5.32 Å². The fraction of sp³-hybridized carbons (Fsp3) is 0.556. The Bertz CT molecular complexity index is 360. The summed E-state index contributed by atoms with van der Waals surface area (Å²) in [5.74, 6) is 0.00222. The van der Waals surface area contributed by atoms with E-state index in [1.165, 1.54) is 0 Å². The van der Waals surface area contributed by atoms with Crippen molar-refractivity contribution in [1.29, 1.82) is 0 Å². The van der Waals surface area contributed by atoms with Gasteiger partial charge in [0.15, 0.2) is 0 Å². The first-order valence-electron chi connectivity index (χ1n) is 4.36. The molecule has 0 aliphatic carbocycles. The van der Waals surface area contributed by atoms with Gasteiger partial charge in [-0.25, -0.2) is 0 Å². The zero-order valence-corrected chi connectivity index (χ0v) is 7.16. The summed E-state index contributed by atoms with van der Waals surface area (Å²) in [6, 6.07) is 0. The number of carbonyl (C=O) groups excluding carboxylic acids is 2. The maximum absolute atomic E-state index is 11.5. The van der Waals surface area contributed by atoms with E-state index in [9.17, 15) is 9.59 Å². The highest BCUT2D eigenvalue weighted by molar-refractivity contribution is 6.09. The van der Waals surface area contributed by atoms with Gasteiger partial charge in [-0.2, -0.15) is 0 Å². The second kappa shape index (κ2) is 1.78. The Morgan fingerprint density at radius 2 is 2.38 bits per heavy atom. The molecule has 0 aromatic rings. The summed E-state index contributed by atoms with van der Waals surface area (Å²) in [6.45, 7) is 1.78. The van der Waals surface area contributed by atoms with E-state index < -0.39 is 5.41 Å². The van der Waals surface area contributed by atoms with Gasteiger partial charge < -0.3 is 4.74 Å². The van der Waals surface area contributed by atoms with Crippen LogP contribution in [0.4, 0.5) is 0 Å². The van der Waals surface area contributed by atoms with Gasteiger partial charge in [0.05, 0.1) is 5.92 Å². The van der Waals surface area contributed by atoms with Crippen LogP contribution in [-0.2, 0) is 14.3 Å². The van der Waals surface area contributed by atoms with Crippen LogP contribution in [0.5, 0.6) is 0 Å². The van der Waals surface area contributed by atoms with Crippen LogP contribution in [0.15, 0.2) is 11.8 Å². The average Bonchev–Trinajstić information content (AvgIpc) is 2.66. The summed E-state index contributed by atoms with van der Waals surface area (Å²) in [6.07, 6.45) is 2.57. The van der Waals surface area contributed by atoms with Crippen molar-refractivity contribution in [2.45, 2.75) is 19.4 Å². The number of hydrogen-bond acceptors (Lipinski definition) is 3. The summed E-state index contributed by atoms with van der Waals surface area (Å²) >= 11 is 0. The third kappa shape index (κ3) is 0.567. The molecule has 2 fully saturated rings. The number of nitrogens with one attached hydrogen (secondary N) is 1. The smallest absolute Gasteiger partial charge is 0.241 e. The summed E-state index contributed by atoms with van der Waals surface area (Å²) in [4.78, 5) is 22.9. The normalized spacial score (nSPS) is 45.8. The Morgan fingerprint density at radius 3 is 3.08 bits per heavy atom. The third-order valence-corrected chi connectivity index (χ3v) is 3.31. The second-order valence-electron chi connectivity index (χ2n) is 3.96. The highest BCUT2D eigenvalue weighted by Gasteiger charge is 2.65. The zero-order chi connectivity index (χ0) is 9.22. The van der Waals surface area contributed by atoms with E-state index in [4.69, 9.17) is 4.74 Å². The van der Waals surface area contributed by atoms with Crippen LogP contribution in [0.2, 0.25) is 0 Å². The molecular formula is C9H9NO3. The van der Waals surface area contributed by atoms with E-state index in [1.54, 1.807) is 6.92 Å². The monoisotopic (exact) mass is 179 g/mol. The van der Waals surface area contributed by atoms with Gasteiger partial charge >= 0.3 is 0 Å². The molecule has 0 aromatic heterocycles. The number of rotatable bonds is 0. The molecule has 3 heterocycles. The molecule has 2 amide bonds. The van der Waals surface area contributed by atoms with Crippen molar-refractivity contribution < 1.29 is 14.3 Å². The predicted molar refractivity (Wildman–Crippen MR) is 42.3 cm³/mol. The molecule has 1 N–H and O–H groups in total. The number of hydrogen-bond donors (Lipinski definition) is 1. The lowest BCUT2D eigenvalue weighted by Gasteiger charge is -2.20. The van der Waals surface area contributed by atoms with Gasteiger partial charge in [-0.05, 0) is 13.0 Å². The van der Waals surface area contributed by atoms with Gasteiger partial charge in [0, 0.05) is 6.42 Å². The standard InChI is InChI=1S/C9H9NO3/c1-9-5-3-2-4(13-5)6(9)7(11)10-8(9)12/h3-4,6H,2H2,1H3,(H,10,11,12). The number of carbonyl (C=O) groups is 2. The summed E-state index contributed by atoms with van der Waals surface area (Å²) in [7, 11) is 0. The minimum atomic E-state index is -0.708. The SMILES string of the molecule is CC12C(=O)NC(=O)C1C1CC=C2O1. The van der Waals surface area contributed by atoms with Crippen LogP contribution in [0.3, 0.4) is 0 Å². The van der Waals surface area contributed by atoms with E-state index in [1.807, 2.05) is 6.08 Å². The molecule has 3 rings (SSSR count). The number of imide groups is 1. The van der Waals surface area contributed by atoms with Crippen molar-refractivity contribution >= 4 is 11.8 Å². The van der Waals surface area contributed by atoms with E-state index in [0.29, 0.717) is 5.76 Å². The predicted octanol–water partition coefficient (Wildman–Crippen LogP) is -0.0483. The van der Waals surface area contributed by atoms with E-state index >= 15 is 0 Å². The Kier molecular flexibility index (Phi) is 0.977. The van der Waals surface area contributed by atoms with Crippen LogP contribution in [-0.4, -0.2) is 17.9 Å². The molecule has 3 atom stereocenters. The topological polar surface area (TPSA) is 55.4 Å². The molecule has 13 heavy (non-hydrogen) atoms. The quantitative estimate of drug-likeness (QED) is 0.530. The molecule has 3 aliphatic rings. The molecule has 3 aliphatic heterocycles. The molecular weight excluding hydrogens is 170 g/mol. The molecule has 0 aromatic carbocycles. The molecule has 4 heteroatoms. The maximum atomic E-state index is 11.5. The average molecular weight is 179 g/mol. The lowest BCUT2D eigenvalue weighted by atomic mass is 9.73. The van der Waals surface area contributed by atoms with Crippen LogP contribution < -0.4 is 5.32 Å². The van der Waals surface area contributed by atoms with Crippen LogP contribution in [0.1, 0.15) is 13.3 Å². The molecule has 0 radical (unpaired) electrons. The van der Waals surface area contributed by atoms with Crippen molar-refractivity contribution in [3.05, 3.63) is 11.8 Å². The molecule has 68 valence electrons. The molecule has 4 nitrogen and oxygen atoms in total. The van der Waals surface area contributed by atoms with Gasteiger partial charge in [0.25, 0.3) is 0 Å². The van der Waals surface area contributed by atoms with Gasteiger partial charge in [-0.3, -0.25) is 14.9 Å². The van der Waals surface area contributed by atoms with Crippen LogP contribution in [0, 0.1) is 11.3 Å². The van der Waals surface area contributed by atoms with Crippen molar-refractivity contribution in [2.24, 2.45) is 11.3 Å². The van der Waals surface area contributed by atoms with Crippen molar-refractivity contribution in [2.75, 3.05) is 0 Å². The van der Waals surface area contributed by atoms with Crippen molar-refractivity contribution in [3.63, 3.8) is 0 Å². The Hall–Kier alpha value is -1.32. The van der Waals surface area contributed by atoms with Gasteiger partial charge in [-0.15, -0.1) is 0 Å². The highest BCUT2D eigenvalue weighted by atomic mass is 16.5. The first-order valence-corrected chi connectivity index (χ1v) is 4.36. The number of fused-ring (bicyclic) bond motifs is 5. The van der Waals surface area contributed by atoms with E-state index in [0.717, 1.165) is 6.42 Å². The second-order valence-corrected chi connectivity index (χ2v) is 3.96. The lowest BCUT2D eigenvalue weighted by molar-refractivity contribution is -0.128. The highest BCUT2D eigenvalue weighted by Crippen LogP contribution is 2.54. The maximum Gasteiger partial charge on any atom is 0.241 e. The zero-order valence-electron chi connectivity index (χ0n) is 7.16.